The molecule has 1 nitrogen and oxygen atoms in total. The molecule has 0 bridgehead atoms. The first-order valence-electron chi connectivity index (χ1n) is 8.22. The van der Waals surface area contributed by atoms with E-state index in [4.69, 9.17) is 5.73 Å². The maximum atomic E-state index is 6.20. The van der Waals surface area contributed by atoms with Crippen LogP contribution in [0.3, 0.4) is 0 Å². The molecule has 0 aliphatic carbocycles. The highest BCUT2D eigenvalue weighted by Gasteiger charge is 2.08. The molecule has 0 aromatic heterocycles. The van der Waals surface area contributed by atoms with Gasteiger partial charge >= 0.3 is 0 Å². The number of thioether (sulfide) groups is 1. The Bertz CT molecular complexity index is 376. The van der Waals surface area contributed by atoms with Crippen LogP contribution in [0, 0.1) is 5.92 Å². The van der Waals surface area contributed by atoms with Crippen LogP contribution in [0.1, 0.15) is 64.9 Å². The quantitative estimate of drug-likeness (QED) is 0.428. The second-order valence-corrected chi connectivity index (χ2v) is 6.77. The first-order chi connectivity index (χ1) is 9.71. The number of aryl methyl sites for hydroxylation is 1. The van der Waals surface area contributed by atoms with E-state index in [2.05, 4.69) is 39.0 Å². The summed E-state index contributed by atoms with van der Waals surface area (Å²) in [4.78, 5) is 1.26. The zero-order valence-corrected chi connectivity index (χ0v) is 14.3. The van der Waals surface area contributed by atoms with E-state index in [1.54, 1.807) is 0 Å². The zero-order chi connectivity index (χ0) is 14.8. The van der Waals surface area contributed by atoms with Crippen molar-refractivity contribution in [2.45, 2.75) is 70.6 Å². The lowest BCUT2D eigenvalue weighted by atomic mass is 10.0. The van der Waals surface area contributed by atoms with Crippen LogP contribution < -0.4 is 5.73 Å². The predicted molar refractivity (Wildman–Crippen MR) is 93.5 cm³/mol. The fourth-order valence-electron chi connectivity index (χ4n) is 2.37. The third-order valence-electron chi connectivity index (χ3n) is 3.91. The molecule has 2 N–H and O–H groups in total. The topological polar surface area (TPSA) is 26.0 Å². The Morgan fingerprint density at radius 2 is 1.85 bits per heavy atom. The van der Waals surface area contributed by atoms with Crippen molar-refractivity contribution in [3.05, 3.63) is 23.8 Å². The van der Waals surface area contributed by atoms with Gasteiger partial charge in [0, 0.05) is 16.3 Å². The molecule has 0 radical (unpaired) electrons. The van der Waals surface area contributed by atoms with Crippen LogP contribution in [-0.2, 0) is 6.42 Å². The van der Waals surface area contributed by atoms with Gasteiger partial charge in [0.05, 0.1) is 0 Å². The highest BCUT2D eigenvalue weighted by molar-refractivity contribution is 7.99. The van der Waals surface area contributed by atoms with Crippen molar-refractivity contribution in [1.82, 2.24) is 0 Å². The van der Waals surface area contributed by atoms with E-state index in [0.29, 0.717) is 0 Å². The molecule has 0 spiro atoms. The van der Waals surface area contributed by atoms with Gasteiger partial charge in [0.1, 0.15) is 0 Å². The fraction of sp³-hybridized carbons (Fsp3) is 0.667. The second kappa shape index (κ2) is 10.1. The Morgan fingerprint density at radius 3 is 2.45 bits per heavy atom. The maximum Gasteiger partial charge on any atom is 0.0454 e. The first kappa shape index (κ1) is 17.4. The maximum absolute atomic E-state index is 6.20. The summed E-state index contributed by atoms with van der Waals surface area (Å²) in [5.41, 5.74) is 8.55. The number of hydrogen-bond acceptors (Lipinski definition) is 2. The number of nitrogen functional groups attached to an aromatic ring is 1. The van der Waals surface area contributed by atoms with E-state index >= 15 is 0 Å². The molecule has 20 heavy (non-hydrogen) atoms. The van der Waals surface area contributed by atoms with Gasteiger partial charge in [-0.15, -0.1) is 11.8 Å². The van der Waals surface area contributed by atoms with Crippen LogP contribution >= 0.6 is 11.8 Å². The molecule has 0 amide bonds. The summed E-state index contributed by atoms with van der Waals surface area (Å²) in [5, 5.41) is 0. The van der Waals surface area contributed by atoms with E-state index in [1.807, 2.05) is 11.8 Å². The number of hydrogen-bond donors (Lipinski definition) is 1. The predicted octanol–water partition coefficient (Wildman–Crippen LogP) is 5.92. The molecule has 0 heterocycles. The molecule has 114 valence electrons. The van der Waals surface area contributed by atoms with Gasteiger partial charge in [-0.25, -0.2) is 0 Å². The van der Waals surface area contributed by atoms with Crippen LogP contribution in [0.2, 0.25) is 0 Å². The van der Waals surface area contributed by atoms with Gasteiger partial charge in [-0.3, -0.25) is 0 Å². The monoisotopic (exact) mass is 293 g/mol. The summed E-state index contributed by atoms with van der Waals surface area (Å²) < 4.78 is 0. The van der Waals surface area contributed by atoms with Gasteiger partial charge in [-0.05, 0) is 42.9 Å². The number of unbranched alkanes of at least 4 members (excludes halogenated alkanes) is 2. The number of rotatable bonds is 10. The summed E-state index contributed by atoms with van der Waals surface area (Å²) in [6, 6.07) is 6.64. The molecular formula is C18H31NS. The first-order valence-corrected chi connectivity index (χ1v) is 9.20. The molecule has 0 aliphatic heterocycles. The molecule has 0 fully saturated rings. The molecule has 0 saturated heterocycles. The average Bonchev–Trinajstić information content (AvgIpc) is 2.46. The third kappa shape index (κ3) is 6.21. The van der Waals surface area contributed by atoms with Gasteiger partial charge < -0.3 is 5.73 Å². The van der Waals surface area contributed by atoms with Crippen LogP contribution in [0.5, 0.6) is 0 Å². The minimum Gasteiger partial charge on any atom is -0.398 e. The number of nitrogens with two attached hydrogens (primary N) is 1. The van der Waals surface area contributed by atoms with Crippen molar-refractivity contribution in [1.29, 1.82) is 0 Å². The minimum absolute atomic E-state index is 0.833. The van der Waals surface area contributed by atoms with E-state index in [-0.39, 0.29) is 0 Å². The molecule has 0 aliphatic rings. The number of anilines is 1. The Hall–Kier alpha value is -0.630. The summed E-state index contributed by atoms with van der Waals surface area (Å²) in [7, 11) is 0. The molecule has 0 saturated carbocycles. The SMILES string of the molecule is CCCCc1ccc(SCC(CC)CCCC)c(N)c1. The van der Waals surface area contributed by atoms with Gasteiger partial charge in [-0.1, -0.05) is 52.5 Å². The van der Waals surface area contributed by atoms with Crippen molar-refractivity contribution < 1.29 is 0 Å². The molecule has 1 aromatic carbocycles. The van der Waals surface area contributed by atoms with E-state index < -0.39 is 0 Å². The minimum atomic E-state index is 0.833. The Morgan fingerprint density at radius 1 is 1.10 bits per heavy atom. The molecule has 2 heteroatoms. The van der Waals surface area contributed by atoms with Crippen molar-refractivity contribution in [2.24, 2.45) is 5.92 Å². The highest BCUT2D eigenvalue weighted by atomic mass is 32.2. The zero-order valence-electron chi connectivity index (χ0n) is 13.5. The molecule has 1 atom stereocenters. The van der Waals surface area contributed by atoms with Gasteiger partial charge in [0.2, 0.25) is 0 Å². The Labute approximate surface area is 129 Å². The number of benzene rings is 1. The standard InChI is InChI=1S/C18H31NS/c1-4-7-9-15(6-3)14-20-18-12-11-16(10-8-5-2)13-17(18)19/h11-13,15H,4-10,14,19H2,1-3H3. The summed E-state index contributed by atoms with van der Waals surface area (Å²) in [6.07, 6.45) is 8.93. The molecule has 1 aromatic rings. The third-order valence-corrected chi connectivity index (χ3v) is 5.23. The molecular weight excluding hydrogens is 262 g/mol. The van der Waals surface area contributed by atoms with Crippen molar-refractivity contribution in [3.8, 4) is 0 Å². The summed E-state index contributed by atoms with van der Waals surface area (Å²) in [6.45, 7) is 6.81. The second-order valence-electron chi connectivity index (χ2n) is 5.70. The van der Waals surface area contributed by atoms with E-state index in [0.717, 1.165) is 18.0 Å². The lowest BCUT2D eigenvalue weighted by molar-refractivity contribution is 0.499. The summed E-state index contributed by atoms with van der Waals surface area (Å²) >= 11 is 1.94. The van der Waals surface area contributed by atoms with Crippen molar-refractivity contribution in [3.63, 3.8) is 0 Å². The Kier molecular flexibility index (Phi) is 8.84. The largest absolute Gasteiger partial charge is 0.398 e. The van der Waals surface area contributed by atoms with Crippen molar-refractivity contribution in [2.75, 3.05) is 11.5 Å². The van der Waals surface area contributed by atoms with Crippen molar-refractivity contribution >= 4 is 17.4 Å². The highest BCUT2D eigenvalue weighted by Crippen LogP contribution is 2.30. The average molecular weight is 294 g/mol. The smallest absolute Gasteiger partial charge is 0.0454 e. The van der Waals surface area contributed by atoms with Crippen LogP contribution in [0.4, 0.5) is 5.69 Å². The van der Waals surface area contributed by atoms with E-state index in [9.17, 15) is 0 Å². The molecule has 1 unspecified atom stereocenters. The Balaban J connectivity index is 2.50. The lowest BCUT2D eigenvalue weighted by Crippen LogP contribution is -2.03. The summed E-state index contributed by atoms with van der Waals surface area (Å²) in [5.74, 6) is 2.04. The van der Waals surface area contributed by atoms with Crippen LogP contribution in [-0.4, -0.2) is 5.75 Å². The van der Waals surface area contributed by atoms with Gasteiger partial charge in [0.25, 0.3) is 0 Å². The fourth-order valence-corrected chi connectivity index (χ4v) is 3.58. The van der Waals surface area contributed by atoms with Gasteiger partial charge in [-0.2, -0.15) is 0 Å². The van der Waals surface area contributed by atoms with Gasteiger partial charge in [0.15, 0.2) is 0 Å². The van der Waals surface area contributed by atoms with Crippen LogP contribution in [0.25, 0.3) is 0 Å². The van der Waals surface area contributed by atoms with Crippen LogP contribution in [0.15, 0.2) is 23.1 Å². The molecule has 1 rings (SSSR count). The van der Waals surface area contributed by atoms with E-state index in [1.165, 1.54) is 54.7 Å². The normalized spacial score (nSPS) is 12.6. The lowest BCUT2D eigenvalue weighted by Gasteiger charge is -2.15.